The molecule has 114 valence electrons. The third kappa shape index (κ3) is 3.98. The molecule has 0 spiro atoms. The van der Waals surface area contributed by atoms with Gasteiger partial charge in [-0.05, 0) is 31.4 Å². The first-order valence-electron chi connectivity index (χ1n) is 6.93. The van der Waals surface area contributed by atoms with Crippen LogP contribution in [-0.4, -0.2) is 34.9 Å². The molecule has 1 aliphatic heterocycles. The molecule has 1 heterocycles. The molecule has 21 heavy (non-hydrogen) atoms. The zero-order valence-corrected chi connectivity index (χ0v) is 11.8. The molecule has 1 N–H and O–H groups in total. The number of nitro groups is 1. The number of benzene rings is 1. The van der Waals surface area contributed by atoms with Crippen molar-refractivity contribution in [1.29, 1.82) is 0 Å². The number of carbonyl (C=O) groups excluding carboxylic acids is 1. The van der Waals surface area contributed by atoms with Crippen molar-refractivity contribution in [2.75, 3.05) is 13.1 Å². The molecular weight excluding hydrogens is 277 g/mol. The van der Waals surface area contributed by atoms with Crippen LogP contribution in [0.2, 0.25) is 0 Å². The van der Waals surface area contributed by atoms with Crippen molar-refractivity contribution in [3.8, 4) is 0 Å². The van der Waals surface area contributed by atoms with E-state index in [1.54, 1.807) is 11.8 Å². The summed E-state index contributed by atoms with van der Waals surface area (Å²) >= 11 is 0. The Hall–Kier alpha value is -2.02. The molecule has 1 fully saturated rings. The van der Waals surface area contributed by atoms with Gasteiger partial charge in [0, 0.05) is 25.7 Å². The van der Waals surface area contributed by atoms with Gasteiger partial charge in [0.15, 0.2) is 0 Å². The summed E-state index contributed by atoms with van der Waals surface area (Å²) in [7, 11) is 0. The normalized spacial score (nSPS) is 16.0. The average Bonchev–Trinajstić information content (AvgIpc) is 2.97. The topological polar surface area (TPSA) is 75.5 Å². The van der Waals surface area contributed by atoms with Crippen molar-refractivity contribution in [2.45, 2.75) is 32.4 Å². The van der Waals surface area contributed by atoms with Crippen LogP contribution < -0.4 is 5.32 Å². The van der Waals surface area contributed by atoms with E-state index in [1.165, 1.54) is 12.1 Å². The first-order chi connectivity index (χ1) is 9.97. The number of hydrogen-bond acceptors (Lipinski definition) is 4. The largest absolute Gasteiger partial charge is 0.341 e. The highest BCUT2D eigenvalue weighted by Gasteiger charge is 2.22. The van der Waals surface area contributed by atoms with Gasteiger partial charge >= 0.3 is 0 Å². The van der Waals surface area contributed by atoms with E-state index in [9.17, 15) is 19.3 Å². The molecule has 1 aromatic carbocycles. The standard InChI is InChI=1S/C14H18FN3O3/c1-10(14(19)17-4-2-3-5-17)16-9-11-6-12(15)8-13(7-11)18(20)21/h6-8,10,16H,2-5,9H2,1H3. The van der Waals surface area contributed by atoms with Crippen molar-refractivity contribution < 1.29 is 14.1 Å². The number of nitrogens with one attached hydrogen (secondary N) is 1. The molecule has 1 amide bonds. The Bertz CT molecular complexity index is 544. The number of halogens is 1. The van der Waals surface area contributed by atoms with Gasteiger partial charge in [0.1, 0.15) is 5.82 Å². The van der Waals surface area contributed by atoms with Crippen LogP contribution in [0.4, 0.5) is 10.1 Å². The molecule has 2 rings (SSSR count). The van der Waals surface area contributed by atoms with E-state index in [1.807, 2.05) is 0 Å². The lowest BCUT2D eigenvalue weighted by Crippen LogP contribution is -2.43. The molecule has 1 aliphatic rings. The molecular formula is C14H18FN3O3. The van der Waals surface area contributed by atoms with Crippen molar-refractivity contribution in [2.24, 2.45) is 0 Å². The highest BCUT2D eigenvalue weighted by molar-refractivity contribution is 5.81. The number of carbonyl (C=O) groups is 1. The van der Waals surface area contributed by atoms with Crippen LogP contribution in [0.15, 0.2) is 18.2 Å². The van der Waals surface area contributed by atoms with Gasteiger partial charge < -0.3 is 10.2 Å². The first kappa shape index (κ1) is 15.4. The van der Waals surface area contributed by atoms with E-state index in [-0.39, 0.29) is 18.1 Å². The lowest BCUT2D eigenvalue weighted by molar-refractivity contribution is -0.385. The summed E-state index contributed by atoms with van der Waals surface area (Å²) < 4.78 is 13.3. The summed E-state index contributed by atoms with van der Waals surface area (Å²) in [5, 5.41) is 13.7. The molecule has 0 aromatic heterocycles. The van der Waals surface area contributed by atoms with Crippen LogP contribution in [0, 0.1) is 15.9 Å². The maximum Gasteiger partial charge on any atom is 0.272 e. The highest BCUT2D eigenvalue weighted by atomic mass is 19.1. The average molecular weight is 295 g/mol. The van der Waals surface area contributed by atoms with Gasteiger partial charge in [-0.25, -0.2) is 4.39 Å². The van der Waals surface area contributed by atoms with Crippen LogP contribution >= 0.6 is 0 Å². The number of amides is 1. The molecule has 0 aliphatic carbocycles. The fraction of sp³-hybridized carbons (Fsp3) is 0.500. The third-order valence-electron chi connectivity index (χ3n) is 3.55. The lowest BCUT2D eigenvalue weighted by Gasteiger charge is -2.21. The number of hydrogen-bond donors (Lipinski definition) is 1. The number of likely N-dealkylation sites (tertiary alicyclic amines) is 1. The Morgan fingerprint density at radius 2 is 2.10 bits per heavy atom. The van der Waals surface area contributed by atoms with Gasteiger partial charge in [0.25, 0.3) is 5.69 Å². The molecule has 1 atom stereocenters. The van der Waals surface area contributed by atoms with Crippen molar-refractivity contribution in [3.63, 3.8) is 0 Å². The minimum absolute atomic E-state index is 0.0124. The number of nitro benzene ring substituents is 1. The van der Waals surface area contributed by atoms with Crippen LogP contribution in [0.3, 0.4) is 0 Å². The Labute approximate surface area is 122 Å². The van der Waals surface area contributed by atoms with E-state index in [2.05, 4.69) is 5.32 Å². The monoisotopic (exact) mass is 295 g/mol. The van der Waals surface area contributed by atoms with Crippen LogP contribution in [0.25, 0.3) is 0 Å². The summed E-state index contributed by atoms with van der Waals surface area (Å²) in [4.78, 5) is 23.9. The second-order valence-corrected chi connectivity index (χ2v) is 5.21. The fourth-order valence-electron chi connectivity index (χ4n) is 2.41. The quantitative estimate of drug-likeness (QED) is 0.664. The van der Waals surface area contributed by atoms with E-state index < -0.39 is 16.8 Å². The smallest absolute Gasteiger partial charge is 0.272 e. The van der Waals surface area contributed by atoms with Gasteiger partial charge in [0.2, 0.25) is 5.91 Å². The Morgan fingerprint density at radius 3 is 2.71 bits per heavy atom. The maximum absolute atomic E-state index is 13.3. The summed E-state index contributed by atoms with van der Waals surface area (Å²) in [5.74, 6) is -0.641. The molecule has 1 aromatic rings. The minimum Gasteiger partial charge on any atom is -0.341 e. The van der Waals surface area contributed by atoms with Gasteiger partial charge in [-0.2, -0.15) is 0 Å². The fourth-order valence-corrected chi connectivity index (χ4v) is 2.41. The molecule has 1 unspecified atom stereocenters. The zero-order chi connectivity index (χ0) is 15.4. The van der Waals surface area contributed by atoms with Gasteiger partial charge in [-0.1, -0.05) is 0 Å². The zero-order valence-electron chi connectivity index (χ0n) is 11.8. The summed E-state index contributed by atoms with van der Waals surface area (Å²) in [6, 6.07) is 3.02. The highest BCUT2D eigenvalue weighted by Crippen LogP contribution is 2.16. The second-order valence-electron chi connectivity index (χ2n) is 5.21. The van der Waals surface area contributed by atoms with Gasteiger partial charge in [-0.3, -0.25) is 14.9 Å². The van der Waals surface area contributed by atoms with Crippen molar-refractivity contribution >= 4 is 11.6 Å². The third-order valence-corrected chi connectivity index (χ3v) is 3.55. The lowest BCUT2D eigenvalue weighted by atomic mass is 10.1. The van der Waals surface area contributed by atoms with Crippen LogP contribution in [0.5, 0.6) is 0 Å². The Morgan fingerprint density at radius 1 is 1.43 bits per heavy atom. The van der Waals surface area contributed by atoms with Gasteiger partial charge in [-0.15, -0.1) is 0 Å². The molecule has 0 saturated carbocycles. The van der Waals surface area contributed by atoms with E-state index in [4.69, 9.17) is 0 Å². The molecule has 7 heteroatoms. The van der Waals surface area contributed by atoms with Crippen LogP contribution in [-0.2, 0) is 11.3 Å². The second kappa shape index (κ2) is 6.62. The first-order valence-corrected chi connectivity index (χ1v) is 6.93. The Kier molecular flexibility index (Phi) is 4.85. The molecule has 1 saturated heterocycles. The van der Waals surface area contributed by atoms with E-state index >= 15 is 0 Å². The minimum atomic E-state index is -0.653. The van der Waals surface area contributed by atoms with Gasteiger partial charge in [0.05, 0.1) is 17.0 Å². The SMILES string of the molecule is CC(NCc1cc(F)cc([N+](=O)[O-])c1)C(=O)N1CCCC1. The molecule has 0 bridgehead atoms. The van der Waals surface area contributed by atoms with Crippen molar-refractivity contribution in [1.82, 2.24) is 10.2 Å². The van der Waals surface area contributed by atoms with E-state index in [0.29, 0.717) is 5.56 Å². The molecule has 6 nitrogen and oxygen atoms in total. The number of rotatable bonds is 5. The predicted octanol–water partition coefficient (Wildman–Crippen LogP) is 1.83. The maximum atomic E-state index is 13.3. The summed E-state index contributed by atoms with van der Waals surface area (Å²) in [6.45, 7) is 3.50. The Balaban J connectivity index is 1.95. The molecule has 0 radical (unpaired) electrons. The van der Waals surface area contributed by atoms with Crippen LogP contribution in [0.1, 0.15) is 25.3 Å². The number of non-ortho nitro benzene ring substituents is 1. The summed E-state index contributed by atoms with van der Waals surface area (Å²) in [6.07, 6.45) is 2.04. The summed E-state index contributed by atoms with van der Waals surface area (Å²) in [5.41, 5.74) is 0.160. The van der Waals surface area contributed by atoms with E-state index in [0.717, 1.165) is 32.0 Å². The van der Waals surface area contributed by atoms with Crippen molar-refractivity contribution in [3.05, 3.63) is 39.7 Å². The number of nitrogens with zero attached hydrogens (tertiary/aromatic N) is 2. The predicted molar refractivity (Wildman–Crippen MR) is 75.2 cm³/mol.